The molecule has 0 bridgehead atoms. The maximum atomic E-state index is 12.9. The van der Waals surface area contributed by atoms with E-state index < -0.39 is 0 Å². The Balaban J connectivity index is 2.27. The topological polar surface area (TPSA) is 53.1 Å². The number of anilines is 1. The summed E-state index contributed by atoms with van der Waals surface area (Å²) in [6, 6.07) is 12.3. The number of benzene rings is 2. The molecule has 20 heavy (non-hydrogen) atoms. The van der Waals surface area contributed by atoms with Crippen molar-refractivity contribution in [1.82, 2.24) is 0 Å². The molecular formula is C16H18FN3. The van der Waals surface area contributed by atoms with Gasteiger partial charge in [-0.1, -0.05) is 23.8 Å². The number of rotatable bonds is 4. The van der Waals surface area contributed by atoms with E-state index in [4.69, 9.17) is 11.1 Å². The lowest BCUT2D eigenvalue weighted by atomic mass is 10.1. The highest BCUT2D eigenvalue weighted by molar-refractivity contribution is 6.00. The molecule has 0 amide bonds. The van der Waals surface area contributed by atoms with Gasteiger partial charge in [0.05, 0.1) is 0 Å². The number of aryl methyl sites for hydroxylation is 1. The smallest absolute Gasteiger partial charge is 0.124 e. The van der Waals surface area contributed by atoms with Gasteiger partial charge in [-0.15, -0.1) is 0 Å². The van der Waals surface area contributed by atoms with Crippen molar-refractivity contribution in [2.75, 3.05) is 11.9 Å². The van der Waals surface area contributed by atoms with Crippen LogP contribution in [0.25, 0.3) is 0 Å². The maximum Gasteiger partial charge on any atom is 0.124 e. The van der Waals surface area contributed by atoms with E-state index >= 15 is 0 Å². The fraction of sp³-hybridized carbons (Fsp3) is 0.188. The van der Waals surface area contributed by atoms with Gasteiger partial charge in [-0.2, -0.15) is 0 Å². The second-order valence-electron chi connectivity index (χ2n) is 4.92. The van der Waals surface area contributed by atoms with E-state index in [0.29, 0.717) is 6.54 Å². The standard InChI is InChI=1S/C16H18FN3/c1-11-3-8-15(14(9-11)16(18)19)20(2)10-12-4-6-13(17)7-5-12/h3-9H,10H2,1-2H3,(H3,18,19). The normalized spacial score (nSPS) is 10.3. The van der Waals surface area contributed by atoms with Crippen LogP contribution in [0.3, 0.4) is 0 Å². The number of nitrogens with one attached hydrogen (secondary N) is 1. The minimum Gasteiger partial charge on any atom is -0.384 e. The Morgan fingerprint density at radius 3 is 2.45 bits per heavy atom. The Kier molecular flexibility index (Phi) is 4.03. The second kappa shape index (κ2) is 5.74. The number of hydrogen-bond acceptors (Lipinski definition) is 2. The summed E-state index contributed by atoms with van der Waals surface area (Å²) >= 11 is 0. The Bertz CT molecular complexity index is 620. The third-order valence-corrected chi connectivity index (χ3v) is 3.19. The molecule has 2 aromatic rings. The van der Waals surface area contributed by atoms with Crippen molar-refractivity contribution in [1.29, 1.82) is 5.41 Å². The van der Waals surface area contributed by atoms with Crippen molar-refractivity contribution in [2.45, 2.75) is 13.5 Å². The third kappa shape index (κ3) is 3.15. The Hall–Kier alpha value is -2.36. The van der Waals surface area contributed by atoms with Gasteiger partial charge in [0.2, 0.25) is 0 Å². The summed E-state index contributed by atoms with van der Waals surface area (Å²) in [7, 11) is 1.93. The molecule has 0 unspecified atom stereocenters. The lowest BCUT2D eigenvalue weighted by Gasteiger charge is -2.22. The first-order chi connectivity index (χ1) is 9.47. The van der Waals surface area contributed by atoms with Crippen molar-refractivity contribution >= 4 is 11.5 Å². The van der Waals surface area contributed by atoms with Crippen molar-refractivity contribution in [3.63, 3.8) is 0 Å². The van der Waals surface area contributed by atoms with E-state index in [2.05, 4.69) is 0 Å². The zero-order chi connectivity index (χ0) is 14.7. The Labute approximate surface area is 118 Å². The number of amidine groups is 1. The van der Waals surface area contributed by atoms with Crippen LogP contribution in [0.1, 0.15) is 16.7 Å². The molecule has 2 aromatic carbocycles. The van der Waals surface area contributed by atoms with Crippen molar-refractivity contribution < 1.29 is 4.39 Å². The summed E-state index contributed by atoms with van der Waals surface area (Å²) < 4.78 is 12.9. The van der Waals surface area contributed by atoms with E-state index in [-0.39, 0.29) is 11.7 Å². The predicted molar refractivity (Wildman–Crippen MR) is 80.7 cm³/mol. The van der Waals surface area contributed by atoms with Crippen LogP contribution in [0.15, 0.2) is 42.5 Å². The lowest BCUT2D eigenvalue weighted by Crippen LogP contribution is -2.22. The molecule has 0 aliphatic rings. The van der Waals surface area contributed by atoms with Gasteiger partial charge in [0.25, 0.3) is 0 Å². The van der Waals surface area contributed by atoms with Crippen molar-refractivity contribution in [2.24, 2.45) is 5.73 Å². The second-order valence-corrected chi connectivity index (χ2v) is 4.92. The number of nitrogens with two attached hydrogens (primary N) is 1. The highest BCUT2D eigenvalue weighted by Crippen LogP contribution is 2.22. The molecule has 0 aliphatic carbocycles. The van der Waals surface area contributed by atoms with Crippen LogP contribution in [0.2, 0.25) is 0 Å². The minimum absolute atomic E-state index is 0.0506. The summed E-state index contributed by atoms with van der Waals surface area (Å²) in [6.07, 6.45) is 0. The lowest BCUT2D eigenvalue weighted by molar-refractivity contribution is 0.627. The summed E-state index contributed by atoms with van der Waals surface area (Å²) in [5.41, 5.74) is 9.32. The van der Waals surface area contributed by atoms with Crippen LogP contribution < -0.4 is 10.6 Å². The summed E-state index contributed by atoms with van der Waals surface area (Å²) in [6.45, 7) is 2.60. The SMILES string of the molecule is Cc1ccc(N(C)Cc2ccc(F)cc2)c(C(=N)N)c1. The van der Waals surface area contributed by atoms with Gasteiger partial charge in [-0.05, 0) is 36.8 Å². The summed E-state index contributed by atoms with van der Waals surface area (Å²) in [5.74, 6) is -0.189. The highest BCUT2D eigenvalue weighted by Gasteiger charge is 2.10. The Morgan fingerprint density at radius 1 is 1.20 bits per heavy atom. The van der Waals surface area contributed by atoms with Crippen molar-refractivity contribution in [3.8, 4) is 0 Å². The van der Waals surface area contributed by atoms with Gasteiger partial charge in [0, 0.05) is 24.8 Å². The predicted octanol–water partition coefficient (Wildman–Crippen LogP) is 3.05. The molecule has 3 N–H and O–H groups in total. The molecular weight excluding hydrogens is 253 g/mol. The molecule has 104 valence electrons. The fourth-order valence-corrected chi connectivity index (χ4v) is 2.15. The van der Waals surface area contributed by atoms with Crippen LogP contribution in [-0.2, 0) is 6.54 Å². The number of hydrogen-bond donors (Lipinski definition) is 2. The highest BCUT2D eigenvalue weighted by atomic mass is 19.1. The third-order valence-electron chi connectivity index (χ3n) is 3.19. The van der Waals surface area contributed by atoms with E-state index in [9.17, 15) is 4.39 Å². The fourth-order valence-electron chi connectivity index (χ4n) is 2.15. The molecule has 0 saturated carbocycles. The molecule has 0 fully saturated rings. The molecule has 2 rings (SSSR count). The molecule has 0 atom stereocenters. The zero-order valence-corrected chi connectivity index (χ0v) is 11.7. The molecule has 0 radical (unpaired) electrons. The maximum absolute atomic E-state index is 12.9. The van der Waals surface area contributed by atoms with Gasteiger partial charge in [-0.3, -0.25) is 5.41 Å². The molecule has 0 aliphatic heterocycles. The van der Waals surface area contributed by atoms with E-state index in [1.54, 1.807) is 12.1 Å². The monoisotopic (exact) mass is 271 g/mol. The van der Waals surface area contributed by atoms with Crippen LogP contribution in [0.5, 0.6) is 0 Å². The molecule has 0 heterocycles. The first-order valence-corrected chi connectivity index (χ1v) is 6.38. The quantitative estimate of drug-likeness (QED) is 0.663. The average molecular weight is 271 g/mol. The van der Waals surface area contributed by atoms with Gasteiger partial charge in [-0.25, -0.2) is 4.39 Å². The average Bonchev–Trinajstić information content (AvgIpc) is 2.41. The summed E-state index contributed by atoms with van der Waals surface area (Å²) in [5, 5.41) is 7.68. The molecule has 4 heteroatoms. The minimum atomic E-state index is -0.240. The summed E-state index contributed by atoms with van der Waals surface area (Å²) in [4.78, 5) is 2.00. The Morgan fingerprint density at radius 2 is 1.85 bits per heavy atom. The van der Waals surface area contributed by atoms with Gasteiger partial charge in [0.1, 0.15) is 11.7 Å². The van der Waals surface area contributed by atoms with Crippen molar-refractivity contribution in [3.05, 3.63) is 65.0 Å². The number of nitrogens with zero attached hydrogens (tertiary/aromatic N) is 1. The van der Waals surface area contributed by atoms with Crippen LogP contribution >= 0.6 is 0 Å². The molecule has 3 nitrogen and oxygen atoms in total. The van der Waals surface area contributed by atoms with E-state index in [0.717, 1.165) is 22.4 Å². The molecule has 0 saturated heterocycles. The zero-order valence-electron chi connectivity index (χ0n) is 11.7. The van der Waals surface area contributed by atoms with Crippen LogP contribution in [0.4, 0.5) is 10.1 Å². The number of nitrogen functional groups attached to an aromatic ring is 1. The van der Waals surface area contributed by atoms with E-state index in [1.807, 2.05) is 37.1 Å². The van der Waals surface area contributed by atoms with Crippen LogP contribution in [0, 0.1) is 18.2 Å². The first-order valence-electron chi connectivity index (χ1n) is 6.38. The largest absolute Gasteiger partial charge is 0.384 e. The van der Waals surface area contributed by atoms with Gasteiger partial charge in [0.15, 0.2) is 0 Å². The molecule has 0 spiro atoms. The first kappa shape index (κ1) is 14.1. The van der Waals surface area contributed by atoms with E-state index in [1.165, 1.54) is 12.1 Å². The van der Waals surface area contributed by atoms with Gasteiger partial charge < -0.3 is 10.6 Å². The molecule has 0 aromatic heterocycles. The number of halogens is 1. The van der Waals surface area contributed by atoms with Crippen LogP contribution in [-0.4, -0.2) is 12.9 Å². The van der Waals surface area contributed by atoms with Gasteiger partial charge >= 0.3 is 0 Å².